The van der Waals surface area contributed by atoms with Gasteiger partial charge in [-0.05, 0) is 67.4 Å². The number of anilines is 1. The van der Waals surface area contributed by atoms with Crippen molar-refractivity contribution in [1.82, 2.24) is 15.1 Å². The number of aromatic nitrogens is 2. The van der Waals surface area contributed by atoms with Gasteiger partial charge in [0.25, 0.3) is 15.9 Å². The van der Waals surface area contributed by atoms with Crippen molar-refractivity contribution in [2.24, 2.45) is 0 Å². The minimum atomic E-state index is -3.80. The first-order chi connectivity index (χ1) is 16.3. The van der Waals surface area contributed by atoms with E-state index in [2.05, 4.69) is 10.4 Å². The third kappa shape index (κ3) is 5.18. The highest BCUT2D eigenvalue weighted by Crippen LogP contribution is 2.23. The molecule has 1 heterocycles. The van der Waals surface area contributed by atoms with E-state index in [1.807, 2.05) is 55.6 Å². The topological polar surface area (TPSA) is 84.3 Å². The van der Waals surface area contributed by atoms with Crippen molar-refractivity contribution in [3.05, 3.63) is 108 Å². The van der Waals surface area contributed by atoms with Crippen LogP contribution in [0.5, 0.6) is 0 Å². The summed E-state index contributed by atoms with van der Waals surface area (Å²) in [6.45, 7) is 2.37. The molecule has 0 aliphatic heterocycles. The highest BCUT2D eigenvalue weighted by atomic mass is 32.2. The van der Waals surface area contributed by atoms with Crippen molar-refractivity contribution in [2.45, 2.75) is 18.2 Å². The molecule has 174 valence electrons. The Bertz CT molecular complexity index is 1360. The Balaban J connectivity index is 1.39. The molecule has 1 N–H and O–H groups in total. The first-order valence-electron chi connectivity index (χ1n) is 10.9. The minimum absolute atomic E-state index is 0.0671. The molecule has 0 saturated heterocycles. The van der Waals surface area contributed by atoms with E-state index in [9.17, 15) is 13.2 Å². The van der Waals surface area contributed by atoms with Gasteiger partial charge in [0.2, 0.25) is 0 Å². The minimum Gasteiger partial charge on any atom is -0.352 e. The smallest absolute Gasteiger partial charge is 0.264 e. The number of benzene rings is 3. The number of carbonyl (C=O) groups is 1. The molecule has 0 fully saturated rings. The lowest BCUT2D eigenvalue weighted by atomic mass is 10.1. The van der Waals surface area contributed by atoms with Crippen LogP contribution in [0.25, 0.3) is 5.69 Å². The third-order valence-electron chi connectivity index (χ3n) is 5.56. The van der Waals surface area contributed by atoms with Gasteiger partial charge in [0, 0.05) is 31.5 Å². The van der Waals surface area contributed by atoms with Crippen molar-refractivity contribution < 1.29 is 13.2 Å². The quantitative estimate of drug-likeness (QED) is 0.419. The standard InChI is InChI=1S/C26H26N4O3S/c1-20-7-11-23(12-8-20)29(2)34(32,33)25-6-3-5-22(19-25)26(31)27-17-15-21-9-13-24(14-10-21)30-18-4-16-28-30/h3-14,16,18-19H,15,17H2,1-2H3,(H,27,31). The van der Waals surface area contributed by atoms with Crippen LogP contribution in [0, 0.1) is 6.92 Å². The second kappa shape index (κ2) is 9.93. The van der Waals surface area contributed by atoms with Gasteiger partial charge < -0.3 is 5.32 Å². The Morgan fingerprint density at radius 3 is 2.41 bits per heavy atom. The molecule has 7 nitrogen and oxygen atoms in total. The summed E-state index contributed by atoms with van der Waals surface area (Å²) in [5.74, 6) is -0.316. The fourth-order valence-electron chi connectivity index (χ4n) is 3.51. The van der Waals surface area contributed by atoms with Crippen LogP contribution in [0.1, 0.15) is 21.5 Å². The molecule has 3 aromatic carbocycles. The molecule has 0 spiro atoms. The van der Waals surface area contributed by atoms with E-state index < -0.39 is 10.0 Å². The van der Waals surface area contributed by atoms with Gasteiger partial charge in [-0.1, -0.05) is 35.9 Å². The molecule has 0 aliphatic carbocycles. The van der Waals surface area contributed by atoms with Crippen LogP contribution in [0.15, 0.2) is 96.2 Å². The van der Waals surface area contributed by atoms with Gasteiger partial charge in [-0.15, -0.1) is 0 Å². The van der Waals surface area contributed by atoms with E-state index in [1.165, 1.54) is 23.5 Å². The third-order valence-corrected chi connectivity index (χ3v) is 7.34. The molecule has 4 rings (SSSR count). The average Bonchev–Trinajstić information content (AvgIpc) is 3.39. The summed E-state index contributed by atoms with van der Waals surface area (Å²) in [5.41, 5.74) is 3.94. The zero-order chi connectivity index (χ0) is 24.1. The predicted octanol–water partition coefficient (Wildman–Crippen LogP) is 3.98. The lowest BCUT2D eigenvalue weighted by molar-refractivity contribution is 0.0954. The molecule has 4 aromatic rings. The second-order valence-electron chi connectivity index (χ2n) is 7.96. The lowest BCUT2D eigenvalue weighted by Crippen LogP contribution is -2.28. The van der Waals surface area contributed by atoms with Gasteiger partial charge in [-0.25, -0.2) is 13.1 Å². The van der Waals surface area contributed by atoms with Crippen LogP contribution in [0.4, 0.5) is 5.69 Å². The maximum atomic E-state index is 13.1. The van der Waals surface area contributed by atoms with Gasteiger partial charge in [0.15, 0.2) is 0 Å². The molecule has 1 aromatic heterocycles. The SMILES string of the molecule is Cc1ccc(N(C)S(=O)(=O)c2cccc(C(=O)NCCc3ccc(-n4cccn4)cc3)c2)cc1. The van der Waals surface area contributed by atoms with Gasteiger partial charge >= 0.3 is 0 Å². The van der Waals surface area contributed by atoms with Crippen molar-refractivity contribution in [3.63, 3.8) is 0 Å². The summed E-state index contributed by atoms with van der Waals surface area (Å²) in [6, 6.07) is 23.1. The van der Waals surface area contributed by atoms with Gasteiger partial charge in [0.05, 0.1) is 16.3 Å². The summed E-state index contributed by atoms with van der Waals surface area (Å²) in [7, 11) is -2.30. The van der Waals surface area contributed by atoms with Crippen molar-refractivity contribution in [1.29, 1.82) is 0 Å². The first kappa shape index (κ1) is 23.3. The fraction of sp³-hybridized carbons (Fsp3) is 0.154. The summed E-state index contributed by atoms with van der Waals surface area (Å²) >= 11 is 0. The predicted molar refractivity (Wildman–Crippen MR) is 133 cm³/mol. The maximum Gasteiger partial charge on any atom is 0.264 e. The first-order valence-corrected chi connectivity index (χ1v) is 12.3. The fourth-order valence-corrected chi connectivity index (χ4v) is 4.75. The number of hydrogen-bond donors (Lipinski definition) is 1. The summed E-state index contributed by atoms with van der Waals surface area (Å²) in [5, 5.41) is 7.08. The van der Waals surface area contributed by atoms with Crippen LogP contribution in [-0.2, 0) is 16.4 Å². The maximum absolute atomic E-state index is 13.1. The van der Waals surface area contributed by atoms with E-state index in [0.29, 0.717) is 24.2 Å². The van der Waals surface area contributed by atoms with E-state index in [-0.39, 0.29) is 10.8 Å². The summed E-state index contributed by atoms with van der Waals surface area (Å²) in [6.07, 6.45) is 4.26. The molecule has 0 saturated carbocycles. The molecular weight excluding hydrogens is 448 g/mol. The molecule has 1 amide bonds. The normalized spacial score (nSPS) is 11.2. The van der Waals surface area contributed by atoms with Crippen LogP contribution >= 0.6 is 0 Å². The number of amides is 1. The number of rotatable bonds is 8. The molecule has 0 bridgehead atoms. The Morgan fingerprint density at radius 1 is 1.00 bits per heavy atom. The van der Waals surface area contributed by atoms with Gasteiger partial charge in [-0.3, -0.25) is 9.10 Å². The molecule has 0 atom stereocenters. The molecule has 0 unspecified atom stereocenters. The van der Waals surface area contributed by atoms with E-state index in [1.54, 1.807) is 35.1 Å². The second-order valence-corrected chi connectivity index (χ2v) is 9.93. The number of hydrogen-bond acceptors (Lipinski definition) is 4. The van der Waals surface area contributed by atoms with Crippen LogP contribution < -0.4 is 9.62 Å². The lowest BCUT2D eigenvalue weighted by Gasteiger charge is -2.20. The monoisotopic (exact) mass is 474 g/mol. The zero-order valence-electron chi connectivity index (χ0n) is 19.0. The number of nitrogens with zero attached hydrogens (tertiary/aromatic N) is 3. The number of aryl methyl sites for hydroxylation is 1. The Morgan fingerprint density at radius 2 is 1.74 bits per heavy atom. The van der Waals surface area contributed by atoms with Gasteiger partial charge in [-0.2, -0.15) is 5.10 Å². The molecule has 0 aliphatic rings. The highest BCUT2D eigenvalue weighted by molar-refractivity contribution is 7.92. The molecule has 8 heteroatoms. The van der Waals surface area contributed by atoms with Crippen molar-refractivity contribution >= 4 is 21.6 Å². The van der Waals surface area contributed by atoms with Crippen molar-refractivity contribution in [2.75, 3.05) is 17.9 Å². The van der Waals surface area contributed by atoms with Crippen LogP contribution in [-0.4, -0.2) is 37.7 Å². The average molecular weight is 475 g/mol. The molecular formula is C26H26N4O3S. The van der Waals surface area contributed by atoms with Crippen LogP contribution in [0.3, 0.4) is 0 Å². The molecule has 34 heavy (non-hydrogen) atoms. The molecule has 0 radical (unpaired) electrons. The van der Waals surface area contributed by atoms with Crippen LogP contribution in [0.2, 0.25) is 0 Å². The van der Waals surface area contributed by atoms with Gasteiger partial charge in [0.1, 0.15) is 0 Å². The number of carbonyl (C=O) groups excluding carboxylic acids is 1. The summed E-state index contributed by atoms with van der Waals surface area (Å²) < 4.78 is 29.2. The van der Waals surface area contributed by atoms with E-state index in [4.69, 9.17) is 0 Å². The number of sulfonamides is 1. The largest absolute Gasteiger partial charge is 0.352 e. The van der Waals surface area contributed by atoms with E-state index >= 15 is 0 Å². The zero-order valence-corrected chi connectivity index (χ0v) is 19.9. The number of nitrogens with one attached hydrogen (secondary N) is 1. The highest BCUT2D eigenvalue weighted by Gasteiger charge is 2.22. The summed E-state index contributed by atoms with van der Waals surface area (Å²) in [4.78, 5) is 12.7. The Labute approximate surface area is 199 Å². The Hall–Kier alpha value is -3.91. The van der Waals surface area contributed by atoms with E-state index in [0.717, 1.165) is 16.8 Å². The Kier molecular flexibility index (Phi) is 6.79. The van der Waals surface area contributed by atoms with Crippen molar-refractivity contribution in [3.8, 4) is 5.69 Å².